The van der Waals surface area contributed by atoms with Gasteiger partial charge in [-0.15, -0.1) is 5.10 Å². The number of rotatable bonds is 3. The Morgan fingerprint density at radius 1 is 1.00 bits per heavy atom. The fourth-order valence-electron chi connectivity index (χ4n) is 3.77. The molecule has 0 saturated heterocycles. The number of hydrogen-bond acceptors (Lipinski definition) is 5. The van der Waals surface area contributed by atoms with Gasteiger partial charge in [0.25, 0.3) is 11.5 Å². The smallest absolute Gasteiger partial charge is 0.291 e. The molecule has 0 bridgehead atoms. The molecule has 0 aliphatic carbocycles. The SMILES string of the molecule is CCCN1C(=O)/C(=c2\sc3nc(-c4ccccc4C)nn3c2=O)c2ccccc21. The molecule has 1 amide bonds. The van der Waals surface area contributed by atoms with Crippen LogP contribution in [0.2, 0.25) is 0 Å². The van der Waals surface area contributed by atoms with Gasteiger partial charge in [0.05, 0.1) is 11.3 Å². The number of benzene rings is 2. The summed E-state index contributed by atoms with van der Waals surface area (Å²) in [4.78, 5) is 33.1. The molecule has 2 aromatic carbocycles. The number of aromatic nitrogens is 3. The minimum Gasteiger partial charge on any atom is -0.308 e. The van der Waals surface area contributed by atoms with Crippen molar-refractivity contribution in [1.29, 1.82) is 0 Å². The van der Waals surface area contributed by atoms with Crippen molar-refractivity contribution in [3.8, 4) is 11.4 Å². The standard InChI is InChI=1S/C22H18N4O2S/c1-3-12-25-16-11-7-6-10-15(16)17(20(25)27)18-21(28)26-22(29-18)23-19(24-26)14-9-5-4-8-13(14)2/h4-11H,3,12H2,1-2H3/b18-17-. The molecule has 0 N–H and O–H groups in total. The summed E-state index contributed by atoms with van der Waals surface area (Å²) in [5.74, 6) is 0.391. The second-order valence-corrected chi connectivity index (χ2v) is 8.01. The van der Waals surface area contributed by atoms with Gasteiger partial charge in [-0.05, 0) is 25.0 Å². The number of amides is 1. The first-order valence-corrected chi connectivity index (χ1v) is 10.3. The van der Waals surface area contributed by atoms with Gasteiger partial charge in [-0.2, -0.15) is 9.50 Å². The molecule has 29 heavy (non-hydrogen) atoms. The summed E-state index contributed by atoms with van der Waals surface area (Å²) in [5.41, 5.74) is 3.75. The van der Waals surface area contributed by atoms with Crippen molar-refractivity contribution in [1.82, 2.24) is 14.6 Å². The van der Waals surface area contributed by atoms with E-state index in [-0.39, 0.29) is 11.5 Å². The number of para-hydroxylation sites is 1. The number of thiazole rings is 1. The molecule has 0 fully saturated rings. The van der Waals surface area contributed by atoms with E-state index in [9.17, 15) is 9.59 Å². The van der Waals surface area contributed by atoms with Gasteiger partial charge in [-0.3, -0.25) is 9.59 Å². The molecule has 144 valence electrons. The van der Waals surface area contributed by atoms with E-state index in [0.29, 0.717) is 27.4 Å². The lowest BCUT2D eigenvalue weighted by Gasteiger charge is -2.15. The van der Waals surface area contributed by atoms with Gasteiger partial charge >= 0.3 is 0 Å². The van der Waals surface area contributed by atoms with E-state index in [1.807, 2.05) is 62.4 Å². The summed E-state index contributed by atoms with van der Waals surface area (Å²) in [5, 5.41) is 4.44. The van der Waals surface area contributed by atoms with Crippen LogP contribution in [0, 0.1) is 6.92 Å². The number of carbonyl (C=O) groups excluding carboxylic acids is 1. The van der Waals surface area contributed by atoms with Gasteiger partial charge in [-0.25, -0.2) is 0 Å². The number of aryl methyl sites for hydroxylation is 1. The third-order valence-electron chi connectivity index (χ3n) is 5.14. The van der Waals surface area contributed by atoms with E-state index in [2.05, 4.69) is 10.1 Å². The van der Waals surface area contributed by atoms with Crippen LogP contribution in [0.25, 0.3) is 21.9 Å². The summed E-state index contributed by atoms with van der Waals surface area (Å²) in [6.07, 6.45) is 0.840. The summed E-state index contributed by atoms with van der Waals surface area (Å²) >= 11 is 1.22. The molecule has 7 heteroatoms. The minimum atomic E-state index is -0.297. The molecule has 1 aliphatic rings. The summed E-state index contributed by atoms with van der Waals surface area (Å²) < 4.78 is 1.71. The average Bonchev–Trinajstić information content (AvgIpc) is 3.35. The Bertz CT molecular complexity index is 1390. The van der Waals surface area contributed by atoms with Crippen molar-refractivity contribution < 1.29 is 4.79 Å². The van der Waals surface area contributed by atoms with Gasteiger partial charge < -0.3 is 4.90 Å². The van der Waals surface area contributed by atoms with Crippen LogP contribution in [0.5, 0.6) is 0 Å². The highest BCUT2D eigenvalue weighted by Gasteiger charge is 2.33. The fourth-order valence-corrected chi connectivity index (χ4v) is 4.77. The molecule has 0 atom stereocenters. The van der Waals surface area contributed by atoms with Crippen molar-refractivity contribution in [3.05, 3.63) is 74.5 Å². The van der Waals surface area contributed by atoms with Gasteiger partial charge in [0.2, 0.25) is 4.96 Å². The molecule has 1 aliphatic heterocycles. The lowest BCUT2D eigenvalue weighted by Crippen LogP contribution is -2.32. The fraction of sp³-hybridized carbons (Fsp3) is 0.182. The number of hydrogen-bond donors (Lipinski definition) is 0. The van der Waals surface area contributed by atoms with Crippen molar-refractivity contribution in [2.24, 2.45) is 0 Å². The minimum absolute atomic E-state index is 0.131. The van der Waals surface area contributed by atoms with E-state index in [0.717, 1.165) is 28.8 Å². The Morgan fingerprint density at radius 2 is 1.72 bits per heavy atom. The van der Waals surface area contributed by atoms with E-state index >= 15 is 0 Å². The number of carbonyl (C=O) groups is 1. The first-order chi connectivity index (χ1) is 14.1. The average molecular weight is 402 g/mol. The van der Waals surface area contributed by atoms with E-state index in [1.54, 1.807) is 4.90 Å². The quantitative estimate of drug-likeness (QED) is 0.529. The van der Waals surface area contributed by atoms with Crippen LogP contribution in [0.1, 0.15) is 24.5 Å². The Balaban J connectivity index is 1.74. The highest BCUT2D eigenvalue weighted by molar-refractivity contribution is 7.15. The zero-order chi connectivity index (χ0) is 20.1. The molecule has 4 aromatic rings. The zero-order valence-electron chi connectivity index (χ0n) is 16.0. The third kappa shape index (κ3) is 2.61. The van der Waals surface area contributed by atoms with Crippen LogP contribution in [-0.2, 0) is 4.79 Å². The van der Waals surface area contributed by atoms with Crippen LogP contribution in [-0.4, -0.2) is 27.0 Å². The molecular weight excluding hydrogens is 384 g/mol. The molecular formula is C22H18N4O2S. The summed E-state index contributed by atoms with van der Waals surface area (Å²) in [6, 6.07) is 15.4. The van der Waals surface area contributed by atoms with Crippen molar-refractivity contribution in [2.75, 3.05) is 11.4 Å². The molecule has 6 nitrogen and oxygen atoms in total. The second kappa shape index (κ2) is 6.63. The maximum Gasteiger partial charge on any atom is 0.291 e. The van der Waals surface area contributed by atoms with Crippen molar-refractivity contribution in [3.63, 3.8) is 0 Å². The van der Waals surface area contributed by atoms with Crippen molar-refractivity contribution >= 4 is 33.5 Å². The number of anilines is 1. The molecule has 2 aromatic heterocycles. The number of nitrogens with zero attached hydrogens (tertiary/aromatic N) is 4. The van der Waals surface area contributed by atoms with E-state index in [4.69, 9.17) is 0 Å². The molecule has 0 saturated carbocycles. The van der Waals surface area contributed by atoms with Gasteiger partial charge in [-0.1, -0.05) is 60.7 Å². The third-order valence-corrected chi connectivity index (χ3v) is 6.17. The molecule has 0 radical (unpaired) electrons. The Kier molecular flexibility index (Phi) is 4.06. The highest BCUT2D eigenvalue weighted by Crippen LogP contribution is 2.35. The van der Waals surface area contributed by atoms with Crippen LogP contribution in [0.15, 0.2) is 53.3 Å². The van der Waals surface area contributed by atoms with Crippen LogP contribution < -0.4 is 15.0 Å². The highest BCUT2D eigenvalue weighted by atomic mass is 32.1. The zero-order valence-corrected chi connectivity index (χ0v) is 16.9. The summed E-state index contributed by atoms with van der Waals surface area (Å²) in [7, 11) is 0. The van der Waals surface area contributed by atoms with E-state index < -0.39 is 0 Å². The van der Waals surface area contributed by atoms with Gasteiger partial charge in [0, 0.05) is 17.7 Å². The molecule has 3 heterocycles. The lowest BCUT2D eigenvalue weighted by atomic mass is 10.1. The second-order valence-electron chi connectivity index (χ2n) is 7.03. The van der Waals surface area contributed by atoms with Gasteiger partial charge in [0.1, 0.15) is 4.53 Å². The van der Waals surface area contributed by atoms with Crippen LogP contribution >= 0.6 is 11.3 Å². The van der Waals surface area contributed by atoms with Crippen LogP contribution in [0.4, 0.5) is 5.69 Å². The van der Waals surface area contributed by atoms with Crippen molar-refractivity contribution in [2.45, 2.75) is 20.3 Å². The normalized spacial score (nSPS) is 15.4. The lowest BCUT2D eigenvalue weighted by molar-refractivity contribution is -0.113. The molecule has 0 spiro atoms. The number of fused-ring (bicyclic) bond motifs is 2. The first-order valence-electron chi connectivity index (χ1n) is 9.51. The predicted octanol–water partition coefficient (Wildman–Crippen LogP) is 2.80. The topological polar surface area (TPSA) is 67.6 Å². The van der Waals surface area contributed by atoms with Gasteiger partial charge in [0.15, 0.2) is 5.82 Å². The van der Waals surface area contributed by atoms with Crippen LogP contribution in [0.3, 0.4) is 0 Å². The molecule has 5 rings (SSSR count). The Hall–Kier alpha value is -3.32. The molecule has 0 unspecified atom stereocenters. The maximum atomic E-state index is 13.1. The first kappa shape index (κ1) is 17.8. The monoisotopic (exact) mass is 402 g/mol. The Labute approximate surface area is 170 Å². The largest absolute Gasteiger partial charge is 0.308 e. The summed E-state index contributed by atoms with van der Waals surface area (Å²) in [6.45, 7) is 4.63. The van der Waals surface area contributed by atoms with E-state index in [1.165, 1.54) is 15.9 Å². The maximum absolute atomic E-state index is 13.1. The Morgan fingerprint density at radius 3 is 2.45 bits per heavy atom. The predicted molar refractivity (Wildman–Crippen MR) is 114 cm³/mol.